The number of rotatable bonds is 11. The van der Waals surface area contributed by atoms with Gasteiger partial charge in [0.15, 0.2) is 11.6 Å². The van der Waals surface area contributed by atoms with Crippen LogP contribution in [0, 0.1) is 27.7 Å². The maximum atomic E-state index is 11.1. The number of unbranched alkanes of at least 4 members (excludes halogenated alkanes) is 5. The van der Waals surface area contributed by atoms with Crippen LogP contribution in [-0.2, 0) is 4.74 Å². The van der Waals surface area contributed by atoms with Crippen molar-refractivity contribution in [3.05, 3.63) is 88.5 Å². The lowest BCUT2D eigenvalue weighted by atomic mass is 9.95. The molecule has 2 unspecified atom stereocenters. The lowest BCUT2D eigenvalue weighted by molar-refractivity contribution is 0.174. The summed E-state index contributed by atoms with van der Waals surface area (Å²) in [6, 6.07) is 12.6. The molecule has 0 saturated carbocycles. The monoisotopic (exact) mass is 511 g/mol. The molecular formula is C33H41N3O2. The molecule has 0 saturated heterocycles. The number of ether oxygens (including phenoxy) is 1. The Morgan fingerprint density at radius 1 is 0.763 bits per heavy atom. The van der Waals surface area contributed by atoms with Crippen molar-refractivity contribution in [1.29, 1.82) is 0 Å². The van der Waals surface area contributed by atoms with Gasteiger partial charge in [-0.1, -0.05) is 92.6 Å². The first-order chi connectivity index (χ1) is 18.4. The van der Waals surface area contributed by atoms with Crippen molar-refractivity contribution in [3.63, 3.8) is 0 Å². The highest BCUT2D eigenvalue weighted by molar-refractivity contribution is 5.66. The molecule has 0 amide bonds. The topological polar surface area (TPSA) is 68.1 Å². The molecule has 200 valence electrons. The Morgan fingerprint density at radius 2 is 1.34 bits per heavy atom. The molecule has 1 aliphatic carbocycles. The molecule has 38 heavy (non-hydrogen) atoms. The molecule has 1 aromatic heterocycles. The van der Waals surface area contributed by atoms with Crippen LogP contribution in [0.15, 0.2) is 60.4 Å². The van der Waals surface area contributed by atoms with Crippen LogP contribution in [0.3, 0.4) is 0 Å². The smallest absolute Gasteiger partial charge is 0.164 e. The van der Waals surface area contributed by atoms with E-state index >= 15 is 0 Å². The third-order valence-corrected chi connectivity index (χ3v) is 7.13. The minimum atomic E-state index is -0.777. The second kappa shape index (κ2) is 13.0. The SMILES string of the molecule is CCCCCCCCOC1=CC(O)C(c2nc(-c3ccc(C)cc3C)nc(-c3ccc(C)cc3C)n2)C=C1. The number of aliphatic hydroxyl groups excluding tert-OH is 1. The van der Waals surface area contributed by atoms with E-state index in [0.29, 0.717) is 29.8 Å². The van der Waals surface area contributed by atoms with Crippen LogP contribution < -0.4 is 0 Å². The van der Waals surface area contributed by atoms with Gasteiger partial charge in [-0.2, -0.15) is 0 Å². The number of allylic oxidation sites excluding steroid dienone is 1. The van der Waals surface area contributed by atoms with E-state index in [-0.39, 0.29) is 5.92 Å². The third kappa shape index (κ3) is 6.96. The molecule has 5 heteroatoms. The molecule has 0 bridgehead atoms. The summed E-state index contributed by atoms with van der Waals surface area (Å²) >= 11 is 0. The summed E-state index contributed by atoms with van der Waals surface area (Å²) in [6.45, 7) is 11.2. The van der Waals surface area contributed by atoms with E-state index in [9.17, 15) is 5.11 Å². The predicted molar refractivity (Wildman–Crippen MR) is 155 cm³/mol. The van der Waals surface area contributed by atoms with Crippen molar-refractivity contribution >= 4 is 0 Å². The number of aryl methyl sites for hydroxylation is 4. The standard InChI is InChI=1S/C33H41N3O2/c1-6-7-8-9-10-11-18-38-26-14-17-29(30(37)21-26)33-35-31(27-15-12-22(2)19-24(27)4)34-32(36-33)28-16-13-23(3)20-25(28)5/h12-17,19-21,29-30,37H,6-11,18H2,1-5H3. The van der Waals surface area contributed by atoms with Gasteiger partial charge in [0.1, 0.15) is 11.6 Å². The first kappa shape index (κ1) is 27.7. The Labute approximate surface area is 227 Å². The molecule has 0 radical (unpaired) electrons. The zero-order chi connectivity index (χ0) is 27.1. The summed E-state index contributed by atoms with van der Waals surface area (Å²) < 4.78 is 5.95. The van der Waals surface area contributed by atoms with Gasteiger partial charge in [-0.3, -0.25) is 0 Å². The second-order valence-electron chi connectivity index (χ2n) is 10.5. The van der Waals surface area contributed by atoms with E-state index in [0.717, 1.165) is 28.7 Å². The molecule has 4 rings (SSSR count). The molecule has 1 heterocycles. The summed E-state index contributed by atoms with van der Waals surface area (Å²) in [5, 5.41) is 11.1. The Kier molecular flexibility index (Phi) is 9.46. The summed E-state index contributed by atoms with van der Waals surface area (Å²) in [5.41, 5.74) is 6.55. The van der Waals surface area contributed by atoms with Gasteiger partial charge in [0.05, 0.1) is 18.6 Å². The highest BCUT2D eigenvalue weighted by Gasteiger charge is 2.26. The van der Waals surface area contributed by atoms with Crippen LogP contribution in [0.2, 0.25) is 0 Å². The molecule has 2 aromatic carbocycles. The van der Waals surface area contributed by atoms with E-state index in [4.69, 9.17) is 19.7 Å². The number of aliphatic hydroxyl groups is 1. The number of nitrogens with zero attached hydrogens (tertiary/aromatic N) is 3. The second-order valence-corrected chi connectivity index (χ2v) is 10.5. The van der Waals surface area contributed by atoms with Gasteiger partial charge in [-0.25, -0.2) is 15.0 Å². The van der Waals surface area contributed by atoms with Gasteiger partial charge < -0.3 is 9.84 Å². The van der Waals surface area contributed by atoms with Crippen molar-refractivity contribution in [2.45, 2.75) is 85.2 Å². The van der Waals surface area contributed by atoms with Crippen LogP contribution in [0.1, 0.15) is 79.4 Å². The summed E-state index contributed by atoms with van der Waals surface area (Å²) in [4.78, 5) is 14.6. The normalized spacial score (nSPS) is 16.9. The number of aromatic nitrogens is 3. The van der Waals surface area contributed by atoms with Crippen molar-refractivity contribution in [3.8, 4) is 22.8 Å². The Bertz CT molecular complexity index is 1240. The summed E-state index contributed by atoms with van der Waals surface area (Å²) in [6.07, 6.45) is 12.2. The zero-order valence-corrected chi connectivity index (χ0v) is 23.5. The first-order valence-corrected chi connectivity index (χ1v) is 14.0. The number of benzene rings is 2. The Hall–Kier alpha value is -3.31. The van der Waals surface area contributed by atoms with Crippen LogP contribution in [0.4, 0.5) is 0 Å². The fourth-order valence-corrected chi connectivity index (χ4v) is 4.96. The van der Waals surface area contributed by atoms with Gasteiger partial charge in [0.2, 0.25) is 0 Å². The quantitative estimate of drug-likeness (QED) is 0.267. The van der Waals surface area contributed by atoms with Gasteiger partial charge in [0, 0.05) is 11.1 Å². The molecule has 1 N–H and O–H groups in total. The van der Waals surface area contributed by atoms with Crippen molar-refractivity contribution in [2.75, 3.05) is 6.61 Å². The van der Waals surface area contributed by atoms with Crippen molar-refractivity contribution in [2.24, 2.45) is 0 Å². The first-order valence-electron chi connectivity index (χ1n) is 14.0. The van der Waals surface area contributed by atoms with Crippen molar-refractivity contribution in [1.82, 2.24) is 15.0 Å². The van der Waals surface area contributed by atoms with E-state index in [1.54, 1.807) is 6.08 Å². The Morgan fingerprint density at radius 3 is 1.89 bits per heavy atom. The molecule has 5 nitrogen and oxygen atoms in total. The van der Waals surface area contributed by atoms with Gasteiger partial charge in [-0.15, -0.1) is 0 Å². The Balaban J connectivity index is 1.59. The highest BCUT2D eigenvalue weighted by Crippen LogP contribution is 2.31. The minimum absolute atomic E-state index is 0.381. The van der Waals surface area contributed by atoms with E-state index < -0.39 is 6.10 Å². The molecule has 1 aliphatic rings. The van der Waals surface area contributed by atoms with E-state index in [1.807, 2.05) is 12.2 Å². The van der Waals surface area contributed by atoms with E-state index in [1.165, 1.54) is 43.2 Å². The molecule has 0 aliphatic heterocycles. The maximum Gasteiger partial charge on any atom is 0.164 e. The molecule has 3 aromatic rings. The number of hydrogen-bond acceptors (Lipinski definition) is 5. The summed E-state index contributed by atoms with van der Waals surface area (Å²) in [5.74, 6) is 2.13. The molecule has 0 fully saturated rings. The highest BCUT2D eigenvalue weighted by atomic mass is 16.5. The fraction of sp³-hybridized carbons (Fsp3) is 0.424. The lowest BCUT2D eigenvalue weighted by Gasteiger charge is -2.22. The average Bonchev–Trinajstić information content (AvgIpc) is 2.88. The van der Waals surface area contributed by atoms with E-state index in [2.05, 4.69) is 71.0 Å². The zero-order valence-electron chi connectivity index (χ0n) is 23.5. The van der Waals surface area contributed by atoms with Crippen LogP contribution in [0.25, 0.3) is 22.8 Å². The molecule has 2 atom stereocenters. The summed E-state index contributed by atoms with van der Waals surface area (Å²) in [7, 11) is 0. The molecular weight excluding hydrogens is 470 g/mol. The van der Waals surface area contributed by atoms with Crippen molar-refractivity contribution < 1.29 is 9.84 Å². The fourth-order valence-electron chi connectivity index (χ4n) is 4.96. The largest absolute Gasteiger partial charge is 0.494 e. The van der Waals surface area contributed by atoms with Crippen LogP contribution in [-0.4, -0.2) is 32.8 Å². The van der Waals surface area contributed by atoms with Gasteiger partial charge in [0.25, 0.3) is 0 Å². The number of hydrogen-bond donors (Lipinski definition) is 1. The maximum absolute atomic E-state index is 11.1. The minimum Gasteiger partial charge on any atom is -0.494 e. The third-order valence-electron chi connectivity index (χ3n) is 7.13. The van der Waals surface area contributed by atoms with Gasteiger partial charge >= 0.3 is 0 Å². The lowest BCUT2D eigenvalue weighted by Crippen LogP contribution is -2.21. The van der Waals surface area contributed by atoms with Crippen LogP contribution in [0.5, 0.6) is 0 Å². The average molecular weight is 512 g/mol. The van der Waals surface area contributed by atoms with Crippen LogP contribution >= 0.6 is 0 Å². The molecule has 0 spiro atoms. The predicted octanol–water partition coefficient (Wildman–Crippen LogP) is 7.71. The van der Waals surface area contributed by atoms with Gasteiger partial charge in [-0.05, 0) is 57.4 Å².